The van der Waals surface area contributed by atoms with Gasteiger partial charge in [0, 0.05) is 31.4 Å². The van der Waals surface area contributed by atoms with Crippen molar-refractivity contribution in [3.8, 4) is 5.75 Å². The first-order valence-corrected chi connectivity index (χ1v) is 9.06. The minimum absolute atomic E-state index is 0.643. The van der Waals surface area contributed by atoms with Crippen LogP contribution >= 0.6 is 0 Å². The van der Waals surface area contributed by atoms with Crippen LogP contribution in [0.5, 0.6) is 5.75 Å². The molecule has 3 aromatic rings. The molecule has 1 atom stereocenters. The van der Waals surface area contributed by atoms with E-state index in [9.17, 15) is 5.11 Å². The number of rotatable bonds is 5. The Morgan fingerprint density at radius 1 is 1.19 bits per heavy atom. The third kappa shape index (κ3) is 4.27. The number of furan rings is 1. The second kappa shape index (κ2) is 8.20. The number of fused-ring (bicyclic) bond motifs is 1. The normalized spacial score (nSPS) is 15.9. The minimum Gasteiger partial charge on any atom is -0.492 e. The van der Waals surface area contributed by atoms with Crippen molar-refractivity contribution in [2.75, 3.05) is 19.7 Å². The molecule has 2 aromatic heterocycles. The molecule has 5 heteroatoms. The molecule has 0 radical (unpaired) electrons. The molecule has 1 N–H and O–H groups in total. The molecule has 1 aromatic carbocycles. The molecule has 1 unspecified atom stereocenters. The van der Waals surface area contributed by atoms with E-state index in [0.29, 0.717) is 12.3 Å². The van der Waals surface area contributed by atoms with Gasteiger partial charge in [-0.25, -0.2) is 0 Å². The molecule has 138 valence electrons. The molecule has 5 nitrogen and oxygen atoms in total. The van der Waals surface area contributed by atoms with Crippen LogP contribution in [0.2, 0.25) is 0 Å². The van der Waals surface area contributed by atoms with Crippen LogP contribution in [-0.4, -0.2) is 34.7 Å². The average molecular weight is 362 g/mol. The molecule has 1 aliphatic heterocycles. The predicted octanol–water partition coefficient (Wildman–Crippen LogP) is 3.66. The molecular weight excluding hydrogens is 340 g/mol. The predicted molar refractivity (Wildman–Crippen MR) is 103 cm³/mol. The highest BCUT2D eigenvalue weighted by molar-refractivity contribution is 5.43. The Labute approximate surface area is 158 Å². The summed E-state index contributed by atoms with van der Waals surface area (Å²) in [5.74, 6) is 1.73. The molecule has 27 heavy (non-hydrogen) atoms. The van der Waals surface area contributed by atoms with Crippen LogP contribution in [0.3, 0.4) is 0 Å². The van der Waals surface area contributed by atoms with Crippen LogP contribution in [0.25, 0.3) is 6.08 Å². The van der Waals surface area contributed by atoms with Gasteiger partial charge in [-0.15, -0.1) is 0 Å². The number of hydrogen-bond acceptors (Lipinski definition) is 5. The molecular formula is C22H22N2O3. The second-order valence-electron chi connectivity index (χ2n) is 6.53. The van der Waals surface area contributed by atoms with E-state index in [-0.39, 0.29) is 0 Å². The molecule has 1 aliphatic rings. The average Bonchev–Trinajstić information content (AvgIpc) is 3.14. The lowest BCUT2D eigenvalue weighted by atomic mass is 10.0. The Balaban J connectivity index is 1.49. The summed E-state index contributed by atoms with van der Waals surface area (Å²) < 4.78 is 11.2. The van der Waals surface area contributed by atoms with Crippen molar-refractivity contribution < 1.29 is 14.3 Å². The molecule has 0 spiro atoms. The number of nitrogens with zero attached hydrogens (tertiary/aromatic N) is 2. The molecule has 0 saturated heterocycles. The molecule has 0 saturated carbocycles. The summed E-state index contributed by atoms with van der Waals surface area (Å²) in [6.45, 7) is 3.05. The maximum Gasteiger partial charge on any atom is 0.126 e. The summed E-state index contributed by atoms with van der Waals surface area (Å²) in [6, 6.07) is 15.2. The highest BCUT2D eigenvalue weighted by Gasteiger charge is 2.18. The van der Waals surface area contributed by atoms with E-state index in [2.05, 4.69) is 16.0 Å². The van der Waals surface area contributed by atoms with E-state index in [4.69, 9.17) is 9.15 Å². The Hall–Kier alpha value is -2.89. The zero-order chi connectivity index (χ0) is 18.5. The molecule has 3 heterocycles. The molecule has 0 aliphatic carbocycles. The van der Waals surface area contributed by atoms with E-state index in [1.807, 2.05) is 54.6 Å². The van der Waals surface area contributed by atoms with Gasteiger partial charge in [0.15, 0.2) is 0 Å². The fourth-order valence-electron chi connectivity index (χ4n) is 3.21. The van der Waals surface area contributed by atoms with E-state index in [1.165, 1.54) is 0 Å². The molecule has 4 rings (SSSR count). The Kier molecular flexibility index (Phi) is 5.32. The fraction of sp³-hybridized carbons (Fsp3) is 0.227. The highest BCUT2D eigenvalue weighted by atomic mass is 16.5. The smallest absolute Gasteiger partial charge is 0.126 e. The van der Waals surface area contributed by atoms with Gasteiger partial charge >= 0.3 is 0 Å². The number of aliphatic hydroxyl groups excluding tert-OH is 1. The number of hydrogen-bond donors (Lipinski definition) is 1. The number of aliphatic hydroxyl groups is 1. The summed E-state index contributed by atoms with van der Waals surface area (Å²) in [6.07, 6.45) is 6.69. The highest BCUT2D eigenvalue weighted by Crippen LogP contribution is 2.29. The van der Waals surface area contributed by atoms with Crippen LogP contribution in [0.15, 0.2) is 71.5 Å². The first kappa shape index (κ1) is 17.5. The fourth-order valence-corrected chi connectivity index (χ4v) is 3.21. The van der Waals surface area contributed by atoms with Crippen molar-refractivity contribution in [2.24, 2.45) is 0 Å². The Bertz CT molecular complexity index is 891. The maximum atomic E-state index is 10.6. The van der Waals surface area contributed by atoms with E-state index in [0.717, 1.165) is 42.3 Å². The summed E-state index contributed by atoms with van der Waals surface area (Å²) in [5.41, 5.74) is 2.54. The van der Waals surface area contributed by atoms with Gasteiger partial charge in [-0.3, -0.25) is 9.88 Å². The van der Waals surface area contributed by atoms with Crippen molar-refractivity contribution in [3.05, 3.63) is 89.6 Å². The van der Waals surface area contributed by atoms with Crippen LogP contribution in [0.4, 0.5) is 0 Å². The molecule has 0 bridgehead atoms. The van der Waals surface area contributed by atoms with E-state index >= 15 is 0 Å². The summed E-state index contributed by atoms with van der Waals surface area (Å²) in [5, 5.41) is 10.6. The maximum absolute atomic E-state index is 10.6. The summed E-state index contributed by atoms with van der Waals surface area (Å²) >= 11 is 0. The van der Waals surface area contributed by atoms with Gasteiger partial charge in [0.25, 0.3) is 0 Å². The van der Waals surface area contributed by atoms with Gasteiger partial charge in [-0.1, -0.05) is 18.2 Å². The number of ether oxygens (including phenoxy) is 1. The molecule has 0 fully saturated rings. The molecule has 0 amide bonds. The summed E-state index contributed by atoms with van der Waals surface area (Å²) in [4.78, 5) is 6.56. The Morgan fingerprint density at radius 2 is 2.15 bits per heavy atom. The quantitative estimate of drug-likeness (QED) is 0.751. The minimum atomic E-state index is -0.743. The van der Waals surface area contributed by atoms with Gasteiger partial charge in [-0.05, 0) is 48.0 Å². The van der Waals surface area contributed by atoms with Crippen LogP contribution < -0.4 is 4.74 Å². The SMILES string of the molecule is OC(c1ccc2c(c1)CN(C/C=C/c1ccco1)CCO2)c1ccccn1. The van der Waals surface area contributed by atoms with Crippen molar-refractivity contribution in [1.29, 1.82) is 0 Å². The lowest BCUT2D eigenvalue weighted by Gasteiger charge is -2.18. The van der Waals surface area contributed by atoms with Gasteiger partial charge in [0.2, 0.25) is 0 Å². The lowest BCUT2D eigenvalue weighted by Crippen LogP contribution is -2.25. The van der Waals surface area contributed by atoms with Crippen molar-refractivity contribution in [2.45, 2.75) is 12.6 Å². The first-order valence-electron chi connectivity index (χ1n) is 9.06. The number of pyridine rings is 1. The zero-order valence-corrected chi connectivity index (χ0v) is 15.0. The second-order valence-corrected chi connectivity index (χ2v) is 6.53. The van der Waals surface area contributed by atoms with Crippen molar-refractivity contribution in [3.63, 3.8) is 0 Å². The zero-order valence-electron chi connectivity index (χ0n) is 15.0. The van der Waals surface area contributed by atoms with Crippen LogP contribution in [0.1, 0.15) is 28.7 Å². The summed E-state index contributed by atoms with van der Waals surface area (Å²) in [7, 11) is 0. The Morgan fingerprint density at radius 3 is 2.96 bits per heavy atom. The van der Waals surface area contributed by atoms with Crippen molar-refractivity contribution in [1.82, 2.24) is 9.88 Å². The van der Waals surface area contributed by atoms with Gasteiger partial charge < -0.3 is 14.3 Å². The monoisotopic (exact) mass is 362 g/mol. The number of benzene rings is 1. The van der Waals surface area contributed by atoms with Gasteiger partial charge in [0.05, 0.1) is 12.0 Å². The van der Waals surface area contributed by atoms with Crippen LogP contribution in [-0.2, 0) is 6.54 Å². The number of aromatic nitrogens is 1. The van der Waals surface area contributed by atoms with E-state index < -0.39 is 6.10 Å². The van der Waals surface area contributed by atoms with E-state index in [1.54, 1.807) is 12.5 Å². The van der Waals surface area contributed by atoms with Gasteiger partial charge in [0.1, 0.15) is 24.2 Å². The lowest BCUT2D eigenvalue weighted by molar-refractivity contribution is 0.215. The topological polar surface area (TPSA) is 58.7 Å². The van der Waals surface area contributed by atoms with Crippen LogP contribution in [0, 0.1) is 0 Å². The standard InChI is InChI=1S/C22H22N2O3/c25-22(20-7-1-2-10-23-20)17-8-9-21-18(15-17)16-24(12-14-27-21)11-3-5-19-6-4-13-26-19/h1-10,13,15,22,25H,11-12,14,16H2/b5-3+. The van der Waals surface area contributed by atoms with Crippen molar-refractivity contribution >= 4 is 6.08 Å². The van der Waals surface area contributed by atoms with Gasteiger partial charge in [-0.2, -0.15) is 0 Å². The largest absolute Gasteiger partial charge is 0.492 e. The first-order chi connectivity index (χ1) is 13.3. The third-order valence-corrected chi connectivity index (χ3v) is 4.62. The third-order valence-electron chi connectivity index (χ3n) is 4.62.